The molecule has 0 unspecified atom stereocenters. The first-order valence-corrected chi connectivity index (χ1v) is 6.65. The second kappa shape index (κ2) is 5.98. The average Bonchev–Trinajstić information content (AvgIpc) is 2.77. The lowest BCUT2D eigenvalue weighted by Gasteiger charge is -2.07. The van der Waals surface area contributed by atoms with Crippen LogP contribution in [0.1, 0.15) is 16.0 Å². The van der Waals surface area contributed by atoms with Crippen LogP contribution in [0.25, 0.3) is 0 Å². The van der Waals surface area contributed by atoms with Gasteiger partial charge in [0, 0.05) is 29.6 Å². The van der Waals surface area contributed by atoms with E-state index in [0.717, 1.165) is 6.54 Å². The van der Waals surface area contributed by atoms with Gasteiger partial charge in [0.25, 0.3) is 0 Å². The molecule has 0 fully saturated rings. The van der Waals surface area contributed by atoms with Gasteiger partial charge in [0.15, 0.2) is 0 Å². The molecule has 18 heavy (non-hydrogen) atoms. The fraction of sp³-hybridized carbons (Fsp3) is 0.286. The van der Waals surface area contributed by atoms with Crippen molar-refractivity contribution >= 4 is 11.3 Å². The predicted octanol–water partition coefficient (Wildman–Crippen LogP) is 3.49. The Morgan fingerprint density at radius 3 is 2.72 bits per heavy atom. The minimum absolute atomic E-state index is 0.232. The van der Waals surface area contributed by atoms with Crippen molar-refractivity contribution in [3.8, 4) is 5.75 Å². The Kier molecular flexibility index (Phi) is 4.33. The normalized spacial score (nSPS) is 10.6. The number of hydrogen-bond acceptors (Lipinski definition) is 3. The maximum Gasteiger partial charge on any atom is 0.131 e. The molecular formula is C14H16FNOS. The second-order valence-electron chi connectivity index (χ2n) is 4.09. The van der Waals surface area contributed by atoms with E-state index in [2.05, 4.69) is 23.7 Å². The van der Waals surface area contributed by atoms with Crippen LogP contribution < -0.4 is 10.1 Å². The van der Waals surface area contributed by atoms with Gasteiger partial charge in [0.05, 0.1) is 7.11 Å². The largest absolute Gasteiger partial charge is 0.497 e. The third kappa shape index (κ3) is 3.09. The van der Waals surface area contributed by atoms with Crippen LogP contribution in [-0.2, 0) is 13.1 Å². The number of hydrogen-bond donors (Lipinski definition) is 1. The maximum atomic E-state index is 13.7. The zero-order valence-electron chi connectivity index (χ0n) is 10.5. The summed E-state index contributed by atoms with van der Waals surface area (Å²) in [7, 11) is 1.53. The molecule has 1 aromatic carbocycles. The lowest BCUT2D eigenvalue weighted by atomic mass is 10.2. The van der Waals surface area contributed by atoms with E-state index in [0.29, 0.717) is 17.9 Å². The molecule has 1 heterocycles. The third-order valence-electron chi connectivity index (χ3n) is 2.83. The molecule has 0 saturated heterocycles. The van der Waals surface area contributed by atoms with Crippen LogP contribution in [0, 0.1) is 12.7 Å². The van der Waals surface area contributed by atoms with Gasteiger partial charge < -0.3 is 10.1 Å². The Morgan fingerprint density at radius 2 is 2.11 bits per heavy atom. The van der Waals surface area contributed by atoms with Crippen molar-refractivity contribution < 1.29 is 9.13 Å². The highest BCUT2D eigenvalue weighted by Crippen LogP contribution is 2.17. The molecule has 0 radical (unpaired) electrons. The molecule has 0 atom stereocenters. The molecule has 2 nitrogen and oxygen atoms in total. The Balaban J connectivity index is 1.92. The van der Waals surface area contributed by atoms with Crippen molar-refractivity contribution in [3.05, 3.63) is 51.5 Å². The van der Waals surface area contributed by atoms with Gasteiger partial charge in [-0.2, -0.15) is 0 Å². The zero-order valence-corrected chi connectivity index (χ0v) is 11.3. The smallest absolute Gasteiger partial charge is 0.131 e. The van der Waals surface area contributed by atoms with Crippen molar-refractivity contribution in [2.75, 3.05) is 7.11 Å². The number of nitrogens with one attached hydrogen (secondary N) is 1. The van der Waals surface area contributed by atoms with E-state index < -0.39 is 0 Å². The summed E-state index contributed by atoms with van der Waals surface area (Å²) in [4.78, 5) is 1.30. The number of benzene rings is 1. The van der Waals surface area contributed by atoms with Crippen LogP contribution >= 0.6 is 11.3 Å². The fourth-order valence-corrected chi connectivity index (χ4v) is 2.57. The van der Waals surface area contributed by atoms with E-state index in [-0.39, 0.29) is 5.82 Å². The van der Waals surface area contributed by atoms with E-state index in [9.17, 15) is 4.39 Å². The van der Waals surface area contributed by atoms with E-state index >= 15 is 0 Å². The minimum Gasteiger partial charge on any atom is -0.497 e. The average molecular weight is 265 g/mol. The number of thiophene rings is 1. The molecule has 0 bridgehead atoms. The third-order valence-corrected chi connectivity index (χ3v) is 3.85. The maximum absolute atomic E-state index is 13.7. The molecule has 0 saturated carbocycles. The summed E-state index contributed by atoms with van der Waals surface area (Å²) < 4.78 is 18.6. The van der Waals surface area contributed by atoms with Gasteiger partial charge in [-0.15, -0.1) is 11.3 Å². The highest BCUT2D eigenvalue weighted by molar-refractivity contribution is 7.10. The van der Waals surface area contributed by atoms with Gasteiger partial charge in [0.1, 0.15) is 11.6 Å². The molecule has 4 heteroatoms. The van der Waals surface area contributed by atoms with Crippen molar-refractivity contribution in [2.24, 2.45) is 0 Å². The Hall–Kier alpha value is -1.39. The Morgan fingerprint density at radius 1 is 1.28 bits per heavy atom. The van der Waals surface area contributed by atoms with Crippen molar-refractivity contribution in [3.63, 3.8) is 0 Å². The van der Waals surface area contributed by atoms with Crippen LogP contribution in [0.2, 0.25) is 0 Å². The minimum atomic E-state index is -0.232. The van der Waals surface area contributed by atoms with Crippen LogP contribution in [0.5, 0.6) is 5.75 Å². The van der Waals surface area contributed by atoms with Crippen LogP contribution in [0.15, 0.2) is 29.6 Å². The van der Waals surface area contributed by atoms with Gasteiger partial charge in [-0.05, 0) is 30.0 Å². The highest BCUT2D eigenvalue weighted by atomic mass is 32.1. The molecule has 0 aliphatic heterocycles. The van der Waals surface area contributed by atoms with E-state index in [1.165, 1.54) is 23.6 Å². The molecule has 0 amide bonds. The summed E-state index contributed by atoms with van der Waals surface area (Å²) >= 11 is 1.72. The van der Waals surface area contributed by atoms with E-state index in [1.54, 1.807) is 23.5 Å². The highest BCUT2D eigenvalue weighted by Gasteiger charge is 2.04. The topological polar surface area (TPSA) is 21.3 Å². The molecule has 0 aliphatic carbocycles. The summed E-state index contributed by atoms with van der Waals surface area (Å²) in [6.07, 6.45) is 0. The van der Waals surface area contributed by atoms with Gasteiger partial charge >= 0.3 is 0 Å². The fourth-order valence-electron chi connectivity index (χ4n) is 1.69. The lowest BCUT2D eigenvalue weighted by Crippen LogP contribution is -2.13. The molecule has 1 N–H and O–H groups in total. The van der Waals surface area contributed by atoms with Crippen molar-refractivity contribution in [2.45, 2.75) is 20.0 Å². The van der Waals surface area contributed by atoms with Gasteiger partial charge in [-0.3, -0.25) is 0 Å². The SMILES string of the molecule is COc1ccc(CNCc2sccc2C)c(F)c1. The summed E-state index contributed by atoms with van der Waals surface area (Å²) in [5.41, 5.74) is 1.94. The molecule has 2 rings (SSSR count). The second-order valence-corrected chi connectivity index (χ2v) is 5.09. The van der Waals surface area contributed by atoms with E-state index in [4.69, 9.17) is 4.74 Å². The van der Waals surface area contributed by atoms with Crippen LogP contribution in [-0.4, -0.2) is 7.11 Å². The van der Waals surface area contributed by atoms with Crippen LogP contribution in [0.4, 0.5) is 4.39 Å². The molecule has 0 aliphatic rings. The molecular weight excluding hydrogens is 249 g/mol. The van der Waals surface area contributed by atoms with Gasteiger partial charge in [0.2, 0.25) is 0 Å². The number of ether oxygens (including phenoxy) is 1. The molecule has 0 spiro atoms. The van der Waals surface area contributed by atoms with Gasteiger partial charge in [-0.25, -0.2) is 4.39 Å². The summed E-state index contributed by atoms with van der Waals surface area (Å²) in [6.45, 7) is 3.38. The zero-order chi connectivity index (χ0) is 13.0. The Bertz CT molecular complexity index is 524. The number of methoxy groups -OCH3 is 1. The number of rotatable bonds is 5. The van der Waals surface area contributed by atoms with E-state index in [1.807, 2.05) is 0 Å². The summed E-state index contributed by atoms with van der Waals surface area (Å²) in [5, 5.41) is 5.32. The van der Waals surface area contributed by atoms with Crippen molar-refractivity contribution in [1.82, 2.24) is 5.32 Å². The first kappa shape index (κ1) is 13.1. The van der Waals surface area contributed by atoms with Gasteiger partial charge in [-0.1, -0.05) is 6.07 Å². The summed E-state index contributed by atoms with van der Waals surface area (Å²) in [5.74, 6) is 0.315. The predicted molar refractivity (Wildman–Crippen MR) is 72.6 cm³/mol. The number of halogens is 1. The number of aryl methyl sites for hydroxylation is 1. The summed E-state index contributed by atoms with van der Waals surface area (Å²) in [6, 6.07) is 7.03. The van der Waals surface area contributed by atoms with Crippen molar-refractivity contribution in [1.29, 1.82) is 0 Å². The monoisotopic (exact) mass is 265 g/mol. The quantitative estimate of drug-likeness (QED) is 0.893. The first-order chi connectivity index (χ1) is 8.70. The molecule has 96 valence electrons. The standard InChI is InChI=1S/C14H16FNOS/c1-10-5-6-18-14(10)9-16-8-11-3-4-12(17-2)7-13(11)15/h3-7,16H,8-9H2,1-2H3. The first-order valence-electron chi connectivity index (χ1n) is 5.77. The molecule has 1 aromatic heterocycles. The lowest BCUT2D eigenvalue weighted by molar-refractivity contribution is 0.410. The molecule has 2 aromatic rings. The Labute approximate surface area is 110 Å². The van der Waals surface area contributed by atoms with Crippen LogP contribution in [0.3, 0.4) is 0 Å².